The lowest BCUT2D eigenvalue weighted by Crippen LogP contribution is -2.31. The van der Waals surface area contributed by atoms with Crippen LogP contribution in [0.4, 0.5) is 5.69 Å². The zero-order chi connectivity index (χ0) is 22.8. The molecular formula is C24H16BrCl2NO4. The number of amides is 1. The Balaban J connectivity index is 1.76. The van der Waals surface area contributed by atoms with E-state index in [1.54, 1.807) is 55.5 Å². The van der Waals surface area contributed by atoms with Crippen LogP contribution in [0.2, 0.25) is 10.0 Å². The third-order valence-electron chi connectivity index (χ3n) is 4.68. The molecule has 5 nitrogen and oxygen atoms in total. The van der Waals surface area contributed by atoms with Crippen LogP contribution in [0.1, 0.15) is 6.92 Å². The molecule has 0 saturated heterocycles. The Bertz CT molecular complexity index is 1350. The number of fused-ring (bicyclic) bond motifs is 1. The van der Waals surface area contributed by atoms with E-state index >= 15 is 0 Å². The molecule has 1 aromatic heterocycles. The van der Waals surface area contributed by atoms with E-state index in [4.69, 9.17) is 32.4 Å². The SMILES string of the molecule is CC(Oc1c(-c2ccccc2)oc2c(Cl)cc(Cl)cc2c1=O)C(=O)Nc1ccc(Br)cc1. The predicted molar refractivity (Wildman–Crippen MR) is 131 cm³/mol. The van der Waals surface area contributed by atoms with Gasteiger partial charge in [0.05, 0.1) is 10.4 Å². The highest BCUT2D eigenvalue weighted by Crippen LogP contribution is 2.35. The van der Waals surface area contributed by atoms with Gasteiger partial charge in [0.25, 0.3) is 5.91 Å². The minimum Gasteiger partial charge on any atom is -0.473 e. The number of hydrogen-bond donors (Lipinski definition) is 1. The van der Waals surface area contributed by atoms with Gasteiger partial charge in [0.1, 0.15) is 0 Å². The van der Waals surface area contributed by atoms with Crippen molar-refractivity contribution in [1.82, 2.24) is 0 Å². The molecule has 1 heterocycles. The molecule has 32 heavy (non-hydrogen) atoms. The van der Waals surface area contributed by atoms with E-state index in [0.717, 1.165) is 4.47 Å². The van der Waals surface area contributed by atoms with Gasteiger partial charge in [0, 0.05) is 20.7 Å². The monoisotopic (exact) mass is 531 g/mol. The molecule has 0 aliphatic heterocycles. The number of anilines is 1. The molecular weight excluding hydrogens is 517 g/mol. The average molecular weight is 533 g/mol. The van der Waals surface area contributed by atoms with Crippen molar-refractivity contribution in [3.05, 3.63) is 91.5 Å². The summed E-state index contributed by atoms with van der Waals surface area (Å²) in [5.74, 6) is -0.342. The van der Waals surface area contributed by atoms with E-state index in [1.807, 2.05) is 6.07 Å². The third kappa shape index (κ3) is 4.67. The van der Waals surface area contributed by atoms with Crippen molar-refractivity contribution in [3.63, 3.8) is 0 Å². The largest absolute Gasteiger partial charge is 0.473 e. The van der Waals surface area contributed by atoms with Gasteiger partial charge in [-0.2, -0.15) is 0 Å². The predicted octanol–water partition coefficient (Wildman–Crippen LogP) is 6.94. The maximum atomic E-state index is 13.3. The van der Waals surface area contributed by atoms with E-state index in [1.165, 1.54) is 12.1 Å². The number of carbonyl (C=O) groups excluding carboxylic acids is 1. The molecule has 0 bridgehead atoms. The summed E-state index contributed by atoms with van der Waals surface area (Å²) >= 11 is 15.7. The molecule has 1 amide bonds. The van der Waals surface area contributed by atoms with E-state index in [-0.39, 0.29) is 32.5 Å². The molecule has 1 atom stereocenters. The van der Waals surface area contributed by atoms with Crippen molar-refractivity contribution in [1.29, 1.82) is 0 Å². The fourth-order valence-electron chi connectivity index (χ4n) is 3.10. The maximum Gasteiger partial charge on any atom is 0.265 e. The molecule has 8 heteroatoms. The van der Waals surface area contributed by atoms with Crippen molar-refractivity contribution < 1.29 is 13.9 Å². The molecule has 4 rings (SSSR count). The first kappa shape index (κ1) is 22.4. The quantitative estimate of drug-likeness (QED) is 0.302. The molecule has 0 spiro atoms. The van der Waals surface area contributed by atoms with Gasteiger partial charge >= 0.3 is 0 Å². The van der Waals surface area contributed by atoms with E-state index < -0.39 is 17.4 Å². The zero-order valence-electron chi connectivity index (χ0n) is 16.7. The van der Waals surface area contributed by atoms with Crippen LogP contribution in [-0.4, -0.2) is 12.0 Å². The van der Waals surface area contributed by atoms with Crippen LogP contribution < -0.4 is 15.5 Å². The number of rotatable bonds is 5. The van der Waals surface area contributed by atoms with Gasteiger partial charge in [-0.05, 0) is 43.3 Å². The van der Waals surface area contributed by atoms with Gasteiger partial charge in [0.15, 0.2) is 17.4 Å². The van der Waals surface area contributed by atoms with Crippen molar-refractivity contribution in [3.8, 4) is 17.1 Å². The Morgan fingerprint density at radius 2 is 1.75 bits per heavy atom. The van der Waals surface area contributed by atoms with Crippen LogP contribution >= 0.6 is 39.1 Å². The lowest BCUT2D eigenvalue weighted by molar-refractivity contribution is -0.122. The Hall–Kier alpha value is -2.80. The summed E-state index contributed by atoms with van der Waals surface area (Å²) in [6.07, 6.45) is -0.990. The summed E-state index contributed by atoms with van der Waals surface area (Å²) < 4.78 is 12.8. The summed E-state index contributed by atoms with van der Waals surface area (Å²) in [5, 5.41) is 3.42. The fraction of sp³-hybridized carbons (Fsp3) is 0.0833. The minimum atomic E-state index is -0.990. The molecule has 0 radical (unpaired) electrons. The lowest BCUT2D eigenvalue weighted by Gasteiger charge is -2.17. The van der Waals surface area contributed by atoms with Crippen LogP contribution in [0, 0.1) is 0 Å². The molecule has 0 aliphatic rings. The van der Waals surface area contributed by atoms with E-state index in [2.05, 4.69) is 21.2 Å². The Labute approximate surface area is 202 Å². The fourth-order valence-corrected chi connectivity index (χ4v) is 3.90. The van der Waals surface area contributed by atoms with Gasteiger partial charge in [-0.1, -0.05) is 69.5 Å². The third-order valence-corrected chi connectivity index (χ3v) is 5.71. The highest BCUT2D eigenvalue weighted by molar-refractivity contribution is 9.10. The Morgan fingerprint density at radius 3 is 2.44 bits per heavy atom. The van der Waals surface area contributed by atoms with Crippen molar-refractivity contribution in [2.45, 2.75) is 13.0 Å². The van der Waals surface area contributed by atoms with Crippen LogP contribution in [0.15, 0.2) is 80.4 Å². The molecule has 0 aliphatic carbocycles. The molecule has 0 saturated carbocycles. The first-order valence-corrected chi connectivity index (χ1v) is 11.1. The molecule has 4 aromatic rings. The van der Waals surface area contributed by atoms with Gasteiger partial charge in [-0.25, -0.2) is 0 Å². The van der Waals surface area contributed by atoms with Gasteiger partial charge < -0.3 is 14.5 Å². The first-order valence-electron chi connectivity index (χ1n) is 9.58. The molecule has 0 fully saturated rings. The van der Waals surface area contributed by atoms with Crippen molar-refractivity contribution in [2.75, 3.05) is 5.32 Å². The number of benzene rings is 3. The second-order valence-corrected chi connectivity index (χ2v) is 8.74. The Morgan fingerprint density at radius 1 is 1.06 bits per heavy atom. The van der Waals surface area contributed by atoms with E-state index in [0.29, 0.717) is 11.3 Å². The number of halogens is 3. The summed E-state index contributed by atoms with van der Waals surface area (Å²) in [4.78, 5) is 26.1. The van der Waals surface area contributed by atoms with Crippen molar-refractivity contribution in [2.24, 2.45) is 0 Å². The van der Waals surface area contributed by atoms with Gasteiger partial charge in [-0.15, -0.1) is 0 Å². The summed E-state index contributed by atoms with van der Waals surface area (Å²) in [7, 11) is 0. The number of ether oxygens (including phenoxy) is 1. The number of carbonyl (C=O) groups is 1. The summed E-state index contributed by atoms with van der Waals surface area (Å²) in [5.41, 5.74) is 0.922. The van der Waals surface area contributed by atoms with Crippen LogP contribution in [-0.2, 0) is 4.79 Å². The minimum absolute atomic E-state index is 0.0968. The molecule has 3 aromatic carbocycles. The van der Waals surface area contributed by atoms with Gasteiger partial charge in [-0.3, -0.25) is 9.59 Å². The van der Waals surface area contributed by atoms with Crippen molar-refractivity contribution >= 4 is 61.7 Å². The standard InChI is InChI=1S/C24H16BrCl2NO4/c1-13(24(30)28-17-9-7-15(25)8-10-17)31-23-20(29)18-11-16(26)12-19(27)22(18)32-21(23)14-5-3-2-4-6-14/h2-13H,1H3,(H,28,30). The zero-order valence-corrected chi connectivity index (χ0v) is 19.8. The van der Waals surface area contributed by atoms with Crippen LogP contribution in [0.25, 0.3) is 22.3 Å². The maximum absolute atomic E-state index is 13.3. The number of nitrogens with one attached hydrogen (secondary N) is 1. The van der Waals surface area contributed by atoms with Crippen LogP contribution in [0.5, 0.6) is 5.75 Å². The highest BCUT2D eigenvalue weighted by atomic mass is 79.9. The number of hydrogen-bond acceptors (Lipinski definition) is 4. The van der Waals surface area contributed by atoms with E-state index in [9.17, 15) is 9.59 Å². The Kier molecular flexibility index (Phi) is 6.55. The second-order valence-electron chi connectivity index (χ2n) is 6.98. The highest BCUT2D eigenvalue weighted by Gasteiger charge is 2.24. The van der Waals surface area contributed by atoms with Gasteiger partial charge in [0.2, 0.25) is 11.2 Å². The first-order chi connectivity index (χ1) is 15.3. The summed E-state index contributed by atoms with van der Waals surface area (Å²) in [6, 6.07) is 19.1. The summed E-state index contributed by atoms with van der Waals surface area (Å²) in [6.45, 7) is 1.55. The normalized spacial score (nSPS) is 11.9. The molecule has 162 valence electrons. The lowest BCUT2D eigenvalue weighted by atomic mass is 10.1. The van der Waals surface area contributed by atoms with Crippen LogP contribution in [0.3, 0.4) is 0 Å². The second kappa shape index (κ2) is 9.36. The molecule has 1 N–H and O–H groups in total. The topological polar surface area (TPSA) is 68.5 Å². The smallest absolute Gasteiger partial charge is 0.265 e. The average Bonchev–Trinajstić information content (AvgIpc) is 2.78. The molecule has 1 unspecified atom stereocenters.